The SMILES string of the molecule is COCCc1c(C(=O)O)nnn1Cc1cc(C)on1. The monoisotopic (exact) mass is 266 g/mol. The van der Waals surface area contributed by atoms with E-state index < -0.39 is 5.97 Å². The van der Waals surface area contributed by atoms with E-state index in [0.29, 0.717) is 36.7 Å². The lowest BCUT2D eigenvalue weighted by Crippen LogP contribution is -2.11. The van der Waals surface area contributed by atoms with Crippen LogP contribution in [0.2, 0.25) is 0 Å². The molecule has 0 atom stereocenters. The van der Waals surface area contributed by atoms with Crippen molar-refractivity contribution in [2.45, 2.75) is 19.9 Å². The summed E-state index contributed by atoms with van der Waals surface area (Å²) in [4.78, 5) is 11.1. The lowest BCUT2D eigenvalue weighted by atomic mass is 10.2. The van der Waals surface area contributed by atoms with Crippen LogP contribution in [0.5, 0.6) is 0 Å². The first-order valence-electron chi connectivity index (χ1n) is 5.68. The van der Waals surface area contributed by atoms with Gasteiger partial charge in [0.2, 0.25) is 0 Å². The second kappa shape index (κ2) is 5.61. The topological polar surface area (TPSA) is 103 Å². The van der Waals surface area contributed by atoms with Gasteiger partial charge in [0.05, 0.1) is 18.8 Å². The Balaban J connectivity index is 2.26. The van der Waals surface area contributed by atoms with Gasteiger partial charge in [0.15, 0.2) is 5.69 Å². The van der Waals surface area contributed by atoms with Gasteiger partial charge in [0.25, 0.3) is 0 Å². The summed E-state index contributed by atoms with van der Waals surface area (Å²) >= 11 is 0. The first kappa shape index (κ1) is 13.2. The van der Waals surface area contributed by atoms with E-state index in [4.69, 9.17) is 14.4 Å². The molecular weight excluding hydrogens is 252 g/mol. The van der Waals surface area contributed by atoms with Gasteiger partial charge >= 0.3 is 5.97 Å². The lowest BCUT2D eigenvalue weighted by molar-refractivity contribution is 0.0688. The first-order valence-corrected chi connectivity index (χ1v) is 5.68. The molecular formula is C11H14N4O4. The Morgan fingerprint density at radius 1 is 1.58 bits per heavy atom. The quantitative estimate of drug-likeness (QED) is 0.812. The Morgan fingerprint density at radius 3 is 2.95 bits per heavy atom. The van der Waals surface area contributed by atoms with Crippen LogP contribution in [0.15, 0.2) is 10.6 Å². The van der Waals surface area contributed by atoms with Crippen LogP contribution < -0.4 is 0 Å². The minimum atomic E-state index is -1.10. The summed E-state index contributed by atoms with van der Waals surface area (Å²) < 4.78 is 11.4. The molecule has 0 unspecified atom stereocenters. The van der Waals surface area contributed by atoms with Crippen molar-refractivity contribution in [1.29, 1.82) is 0 Å². The predicted molar refractivity (Wildman–Crippen MR) is 62.9 cm³/mol. The van der Waals surface area contributed by atoms with Crippen LogP contribution in [0.1, 0.15) is 27.6 Å². The summed E-state index contributed by atoms with van der Waals surface area (Å²) in [5, 5.41) is 20.4. The molecule has 0 radical (unpaired) electrons. The number of hydrogen-bond acceptors (Lipinski definition) is 6. The van der Waals surface area contributed by atoms with Gasteiger partial charge in [-0.3, -0.25) is 0 Å². The number of nitrogens with zero attached hydrogens (tertiary/aromatic N) is 4. The van der Waals surface area contributed by atoms with Crippen molar-refractivity contribution >= 4 is 5.97 Å². The number of carboxylic acids is 1. The predicted octanol–water partition coefficient (Wildman–Crippen LogP) is 0.510. The number of aromatic carboxylic acids is 1. The molecule has 8 nitrogen and oxygen atoms in total. The average Bonchev–Trinajstić information content (AvgIpc) is 2.94. The number of aromatic nitrogens is 4. The number of carbonyl (C=O) groups is 1. The number of methoxy groups -OCH3 is 1. The van der Waals surface area contributed by atoms with Gasteiger partial charge in [0, 0.05) is 19.6 Å². The third kappa shape index (κ3) is 2.97. The number of rotatable bonds is 6. The summed E-state index contributed by atoms with van der Waals surface area (Å²) in [7, 11) is 1.55. The Labute approximate surface area is 109 Å². The number of carboxylic acid groups (broad SMARTS) is 1. The van der Waals surface area contributed by atoms with E-state index in [1.54, 1.807) is 20.1 Å². The second-order valence-electron chi connectivity index (χ2n) is 4.02. The van der Waals surface area contributed by atoms with Crippen molar-refractivity contribution in [2.75, 3.05) is 13.7 Å². The molecule has 0 amide bonds. The van der Waals surface area contributed by atoms with E-state index in [1.807, 2.05) is 0 Å². The maximum Gasteiger partial charge on any atom is 0.358 e. The molecule has 0 fully saturated rings. The summed E-state index contributed by atoms with van der Waals surface area (Å²) in [5.74, 6) is -0.416. The van der Waals surface area contributed by atoms with Crippen LogP contribution in [0.25, 0.3) is 0 Å². The fourth-order valence-corrected chi connectivity index (χ4v) is 1.72. The van der Waals surface area contributed by atoms with Crippen LogP contribution in [0, 0.1) is 6.92 Å². The molecule has 8 heteroatoms. The maximum atomic E-state index is 11.1. The highest BCUT2D eigenvalue weighted by atomic mass is 16.5. The molecule has 2 rings (SSSR count). The molecule has 0 bridgehead atoms. The fourth-order valence-electron chi connectivity index (χ4n) is 1.72. The van der Waals surface area contributed by atoms with E-state index in [9.17, 15) is 4.79 Å². The third-order valence-electron chi connectivity index (χ3n) is 2.57. The normalized spacial score (nSPS) is 10.8. The smallest absolute Gasteiger partial charge is 0.358 e. The highest BCUT2D eigenvalue weighted by Gasteiger charge is 2.19. The molecule has 0 aliphatic rings. The van der Waals surface area contributed by atoms with Gasteiger partial charge in [-0.05, 0) is 6.92 Å². The molecule has 2 heterocycles. The standard InChI is InChI=1S/C11H14N4O4/c1-7-5-8(13-19-7)6-15-9(3-4-18-2)10(11(16)17)12-14-15/h5H,3-4,6H2,1-2H3,(H,16,17). The van der Waals surface area contributed by atoms with Gasteiger partial charge < -0.3 is 14.4 Å². The fraction of sp³-hybridized carbons (Fsp3) is 0.455. The summed E-state index contributed by atoms with van der Waals surface area (Å²) in [6.07, 6.45) is 0.419. The zero-order valence-electron chi connectivity index (χ0n) is 10.7. The molecule has 102 valence electrons. The Kier molecular flexibility index (Phi) is 3.91. The van der Waals surface area contributed by atoms with E-state index in [0.717, 1.165) is 0 Å². The van der Waals surface area contributed by atoms with Gasteiger partial charge in [-0.2, -0.15) is 0 Å². The van der Waals surface area contributed by atoms with Crippen molar-refractivity contribution in [3.8, 4) is 0 Å². The Morgan fingerprint density at radius 2 is 2.37 bits per heavy atom. The molecule has 1 N–H and O–H groups in total. The van der Waals surface area contributed by atoms with Crippen molar-refractivity contribution in [2.24, 2.45) is 0 Å². The van der Waals surface area contributed by atoms with Gasteiger partial charge in [0.1, 0.15) is 11.5 Å². The van der Waals surface area contributed by atoms with Gasteiger partial charge in [-0.15, -0.1) is 5.10 Å². The van der Waals surface area contributed by atoms with Gasteiger partial charge in [-0.25, -0.2) is 9.48 Å². The van der Waals surface area contributed by atoms with E-state index >= 15 is 0 Å². The van der Waals surface area contributed by atoms with Crippen LogP contribution in [-0.2, 0) is 17.7 Å². The zero-order chi connectivity index (χ0) is 13.8. The summed E-state index contributed by atoms with van der Waals surface area (Å²) in [6, 6.07) is 1.77. The van der Waals surface area contributed by atoms with Crippen molar-refractivity contribution < 1.29 is 19.2 Å². The number of hydrogen-bond donors (Lipinski definition) is 1. The summed E-state index contributed by atoms with van der Waals surface area (Å²) in [6.45, 7) is 2.49. The average molecular weight is 266 g/mol. The molecule has 0 saturated carbocycles. The largest absolute Gasteiger partial charge is 0.476 e. The number of ether oxygens (including phenoxy) is 1. The molecule has 2 aromatic rings. The molecule has 19 heavy (non-hydrogen) atoms. The minimum Gasteiger partial charge on any atom is -0.476 e. The van der Waals surface area contributed by atoms with E-state index in [2.05, 4.69) is 15.5 Å². The van der Waals surface area contributed by atoms with Gasteiger partial charge in [-0.1, -0.05) is 10.4 Å². The van der Waals surface area contributed by atoms with Crippen LogP contribution in [0.3, 0.4) is 0 Å². The molecule has 0 aliphatic heterocycles. The van der Waals surface area contributed by atoms with Crippen molar-refractivity contribution in [3.63, 3.8) is 0 Å². The molecule has 0 spiro atoms. The van der Waals surface area contributed by atoms with Crippen molar-refractivity contribution in [1.82, 2.24) is 20.2 Å². The lowest BCUT2D eigenvalue weighted by Gasteiger charge is -2.04. The molecule has 0 aromatic carbocycles. The van der Waals surface area contributed by atoms with Crippen LogP contribution >= 0.6 is 0 Å². The second-order valence-corrected chi connectivity index (χ2v) is 4.02. The van der Waals surface area contributed by atoms with E-state index in [-0.39, 0.29) is 5.69 Å². The molecule has 0 aliphatic carbocycles. The highest BCUT2D eigenvalue weighted by Crippen LogP contribution is 2.10. The van der Waals surface area contributed by atoms with Crippen molar-refractivity contribution in [3.05, 3.63) is 28.9 Å². The molecule has 2 aromatic heterocycles. The molecule has 0 saturated heterocycles. The minimum absolute atomic E-state index is 0.0581. The Bertz CT molecular complexity index is 575. The zero-order valence-corrected chi connectivity index (χ0v) is 10.7. The Hall–Kier alpha value is -2.22. The maximum absolute atomic E-state index is 11.1. The first-order chi connectivity index (χ1) is 9.11. The summed E-state index contributed by atoms with van der Waals surface area (Å²) in [5.41, 5.74) is 1.12. The third-order valence-corrected chi connectivity index (χ3v) is 2.57. The van der Waals surface area contributed by atoms with Crippen LogP contribution in [0.4, 0.5) is 0 Å². The number of aryl methyl sites for hydroxylation is 1. The van der Waals surface area contributed by atoms with E-state index in [1.165, 1.54) is 4.68 Å². The highest BCUT2D eigenvalue weighted by molar-refractivity contribution is 5.86. The van der Waals surface area contributed by atoms with Crippen LogP contribution in [-0.4, -0.2) is 44.9 Å².